The monoisotopic (exact) mass is 302 g/mol. The maximum atomic E-state index is 12.9. The van der Waals surface area contributed by atoms with E-state index in [-0.39, 0.29) is 5.91 Å². The minimum Gasteiger partial charge on any atom is -0.494 e. The normalized spacial score (nSPS) is 11.0. The van der Waals surface area contributed by atoms with Gasteiger partial charge in [-0.1, -0.05) is 0 Å². The standard InChI is InChI=1S/C18H26N2O2/c1-6-19(7-2)18(21)17-13(5)15-12-14(22-9-4)10-11-16(15)20(17)8-3/h10-12H,6-9H2,1-5H3. The first-order valence-corrected chi connectivity index (χ1v) is 8.13. The van der Waals surface area contributed by atoms with Crippen LogP contribution in [0.15, 0.2) is 18.2 Å². The largest absolute Gasteiger partial charge is 0.494 e. The van der Waals surface area contributed by atoms with Crippen LogP contribution >= 0.6 is 0 Å². The van der Waals surface area contributed by atoms with Gasteiger partial charge in [-0.3, -0.25) is 4.79 Å². The molecule has 0 unspecified atom stereocenters. The van der Waals surface area contributed by atoms with Crippen LogP contribution in [-0.4, -0.2) is 35.1 Å². The molecule has 0 atom stereocenters. The van der Waals surface area contributed by atoms with E-state index >= 15 is 0 Å². The van der Waals surface area contributed by atoms with Crippen molar-refractivity contribution in [1.82, 2.24) is 9.47 Å². The highest BCUT2D eigenvalue weighted by molar-refractivity contribution is 6.02. The Kier molecular flexibility index (Phi) is 5.11. The predicted molar refractivity (Wildman–Crippen MR) is 90.8 cm³/mol. The van der Waals surface area contributed by atoms with Crippen LogP contribution in [0.1, 0.15) is 43.7 Å². The molecule has 0 N–H and O–H groups in total. The average molecular weight is 302 g/mol. The van der Waals surface area contributed by atoms with E-state index in [2.05, 4.69) is 17.6 Å². The van der Waals surface area contributed by atoms with Crippen LogP contribution in [0, 0.1) is 6.92 Å². The minimum absolute atomic E-state index is 0.110. The van der Waals surface area contributed by atoms with Crippen molar-refractivity contribution in [3.8, 4) is 5.75 Å². The minimum atomic E-state index is 0.110. The number of hydrogen-bond acceptors (Lipinski definition) is 2. The third-order valence-electron chi connectivity index (χ3n) is 4.17. The van der Waals surface area contributed by atoms with Gasteiger partial charge in [-0.25, -0.2) is 0 Å². The quantitative estimate of drug-likeness (QED) is 0.812. The summed E-state index contributed by atoms with van der Waals surface area (Å²) in [5.41, 5.74) is 2.93. The van der Waals surface area contributed by atoms with Gasteiger partial charge in [-0.05, 0) is 58.4 Å². The second-order valence-corrected chi connectivity index (χ2v) is 5.31. The molecule has 1 heterocycles. The Labute approximate surface area is 132 Å². The van der Waals surface area contributed by atoms with Gasteiger partial charge in [-0.2, -0.15) is 0 Å². The summed E-state index contributed by atoms with van der Waals surface area (Å²) in [5, 5.41) is 1.10. The summed E-state index contributed by atoms with van der Waals surface area (Å²) in [7, 11) is 0. The van der Waals surface area contributed by atoms with Crippen LogP contribution in [-0.2, 0) is 6.54 Å². The van der Waals surface area contributed by atoms with Crippen molar-refractivity contribution in [1.29, 1.82) is 0 Å². The van der Waals surface area contributed by atoms with Gasteiger partial charge in [-0.15, -0.1) is 0 Å². The van der Waals surface area contributed by atoms with Gasteiger partial charge in [0, 0.05) is 30.5 Å². The lowest BCUT2D eigenvalue weighted by molar-refractivity contribution is 0.0762. The fourth-order valence-corrected chi connectivity index (χ4v) is 3.02. The Hall–Kier alpha value is -1.97. The summed E-state index contributed by atoms with van der Waals surface area (Å²) in [5.74, 6) is 0.965. The van der Waals surface area contributed by atoms with Crippen LogP contribution in [0.25, 0.3) is 10.9 Å². The Morgan fingerprint density at radius 3 is 2.41 bits per heavy atom. The van der Waals surface area contributed by atoms with E-state index in [1.54, 1.807) is 0 Å². The molecule has 0 spiro atoms. The molecular weight excluding hydrogens is 276 g/mol. The van der Waals surface area contributed by atoms with Crippen molar-refractivity contribution in [3.63, 3.8) is 0 Å². The molecule has 4 nitrogen and oxygen atoms in total. The molecule has 1 amide bonds. The van der Waals surface area contributed by atoms with Crippen molar-refractivity contribution in [2.24, 2.45) is 0 Å². The van der Waals surface area contributed by atoms with Crippen LogP contribution in [0.3, 0.4) is 0 Å². The molecule has 0 bridgehead atoms. The first-order valence-electron chi connectivity index (χ1n) is 8.13. The average Bonchev–Trinajstić information content (AvgIpc) is 2.80. The Morgan fingerprint density at radius 1 is 1.18 bits per heavy atom. The second-order valence-electron chi connectivity index (χ2n) is 5.31. The summed E-state index contributed by atoms with van der Waals surface area (Å²) in [6, 6.07) is 6.07. The number of amides is 1. The third-order valence-corrected chi connectivity index (χ3v) is 4.17. The van der Waals surface area contributed by atoms with E-state index in [0.717, 1.165) is 47.5 Å². The van der Waals surface area contributed by atoms with Gasteiger partial charge in [0.1, 0.15) is 11.4 Å². The first-order chi connectivity index (χ1) is 10.6. The van der Waals surface area contributed by atoms with Crippen LogP contribution in [0.2, 0.25) is 0 Å². The molecule has 0 aliphatic carbocycles. The zero-order valence-corrected chi connectivity index (χ0v) is 14.3. The Balaban J connectivity index is 2.63. The van der Waals surface area contributed by atoms with Crippen molar-refractivity contribution < 1.29 is 9.53 Å². The third kappa shape index (κ3) is 2.70. The lowest BCUT2D eigenvalue weighted by atomic mass is 10.1. The molecule has 1 aromatic carbocycles. The Bertz CT molecular complexity index is 669. The smallest absolute Gasteiger partial charge is 0.270 e. The van der Waals surface area contributed by atoms with Gasteiger partial charge >= 0.3 is 0 Å². The SMILES string of the molecule is CCOc1ccc2c(c1)c(C)c(C(=O)N(CC)CC)n2CC. The summed E-state index contributed by atoms with van der Waals surface area (Å²) in [4.78, 5) is 14.7. The molecule has 1 aromatic heterocycles. The lowest BCUT2D eigenvalue weighted by Crippen LogP contribution is -2.32. The molecule has 0 aliphatic heterocycles. The molecule has 120 valence electrons. The van der Waals surface area contributed by atoms with E-state index < -0.39 is 0 Å². The number of aromatic nitrogens is 1. The number of rotatable bonds is 6. The second kappa shape index (κ2) is 6.86. The summed E-state index contributed by atoms with van der Waals surface area (Å²) < 4.78 is 7.71. The van der Waals surface area contributed by atoms with Gasteiger partial charge in [0.15, 0.2) is 0 Å². The molecule has 0 saturated carbocycles. The molecule has 0 saturated heterocycles. The summed E-state index contributed by atoms with van der Waals surface area (Å²) >= 11 is 0. The van der Waals surface area contributed by atoms with Gasteiger partial charge in [0.05, 0.1) is 6.61 Å². The highest BCUT2D eigenvalue weighted by atomic mass is 16.5. The zero-order valence-electron chi connectivity index (χ0n) is 14.3. The molecule has 0 aliphatic rings. The van der Waals surface area contributed by atoms with Crippen molar-refractivity contribution in [2.45, 2.75) is 41.2 Å². The number of benzene rings is 1. The lowest BCUT2D eigenvalue weighted by Gasteiger charge is -2.20. The highest BCUT2D eigenvalue weighted by Gasteiger charge is 2.23. The molecule has 2 aromatic rings. The number of ether oxygens (including phenoxy) is 1. The maximum absolute atomic E-state index is 12.9. The Morgan fingerprint density at radius 2 is 1.86 bits per heavy atom. The fourth-order valence-electron chi connectivity index (χ4n) is 3.02. The number of hydrogen-bond donors (Lipinski definition) is 0. The number of carbonyl (C=O) groups is 1. The number of carbonyl (C=O) groups excluding carboxylic acids is 1. The molecule has 0 fully saturated rings. The van der Waals surface area contributed by atoms with Crippen LogP contribution in [0.4, 0.5) is 0 Å². The van der Waals surface area contributed by atoms with E-state index in [9.17, 15) is 4.79 Å². The molecular formula is C18H26N2O2. The van der Waals surface area contributed by atoms with E-state index in [4.69, 9.17) is 4.74 Å². The number of nitrogens with zero attached hydrogens (tertiary/aromatic N) is 2. The fraction of sp³-hybridized carbons (Fsp3) is 0.500. The topological polar surface area (TPSA) is 34.5 Å². The number of fused-ring (bicyclic) bond motifs is 1. The molecule has 22 heavy (non-hydrogen) atoms. The van der Waals surface area contributed by atoms with Gasteiger partial charge in [0.2, 0.25) is 0 Å². The molecule has 4 heteroatoms. The maximum Gasteiger partial charge on any atom is 0.270 e. The van der Waals surface area contributed by atoms with E-state index in [1.165, 1.54) is 0 Å². The van der Waals surface area contributed by atoms with Crippen LogP contribution in [0.5, 0.6) is 5.75 Å². The summed E-state index contributed by atoms with van der Waals surface area (Å²) in [6.07, 6.45) is 0. The molecule has 0 radical (unpaired) electrons. The number of aryl methyl sites for hydroxylation is 2. The predicted octanol–water partition coefficient (Wildman–Crippen LogP) is 3.85. The van der Waals surface area contributed by atoms with Crippen molar-refractivity contribution in [2.75, 3.05) is 19.7 Å². The van der Waals surface area contributed by atoms with Gasteiger partial charge in [0.25, 0.3) is 5.91 Å². The van der Waals surface area contributed by atoms with E-state index in [0.29, 0.717) is 6.61 Å². The van der Waals surface area contributed by atoms with E-state index in [1.807, 2.05) is 44.7 Å². The van der Waals surface area contributed by atoms with Crippen molar-refractivity contribution in [3.05, 3.63) is 29.5 Å². The van der Waals surface area contributed by atoms with Gasteiger partial charge < -0.3 is 14.2 Å². The summed E-state index contributed by atoms with van der Waals surface area (Å²) in [6.45, 7) is 13.0. The molecule has 2 rings (SSSR count). The first kappa shape index (κ1) is 16.4. The van der Waals surface area contributed by atoms with Crippen molar-refractivity contribution >= 4 is 16.8 Å². The van der Waals surface area contributed by atoms with Crippen LogP contribution < -0.4 is 4.74 Å². The highest BCUT2D eigenvalue weighted by Crippen LogP contribution is 2.30. The zero-order chi connectivity index (χ0) is 16.3.